The van der Waals surface area contributed by atoms with Crippen molar-refractivity contribution in [1.82, 2.24) is 10.6 Å². The number of carbonyl (C=O) groups excluding carboxylic acids is 2. The second kappa shape index (κ2) is 6.03. The van der Waals surface area contributed by atoms with Crippen LogP contribution in [-0.4, -0.2) is 38.0 Å². The summed E-state index contributed by atoms with van der Waals surface area (Å²) in [6, 6.07) is 5.80. The highest BCUT2D eigenvalue weighted by Gasteiger charge is 2.30. The molecule has 0 spiro atoms. The van der Waals surface area contributed by atoms with Crippen LogP contribution in [0.3, 0.4) is 0 Å². The van der Waals surface area contributed by atoms with Gasteiger partial charge in [-0.15, -0.1) is 0 Å². The number of nitrogens with one attached hydrogen (secondary N) is 2. The maximum atomic E-state index is 12.0. The SMILES string of the molecule is O=C1CCC(c2cccc(N3CCNCC3)c2Cl)C(=O)N1. The molecule has 1 atom stereocenters. The van der Waals surface area contributed by atoms with E-state index in [9.17, 15) is 9.59 Å². The van der Waals surface area contributed by atoms with Crippen molar-refractivity contribution in [2.45, 2.75) is 18.8 Å². The largest absolute Gasteiger partial charge is 0.368 e. The van der Waals surface area contributed by atoms with Crippen LogP contribution in [0.4, 0.5) is 5.69 Å². The second-order valence-corrected chi connectivity index (χ2v) is 5.80. The Morgan fingerprint density at radius 1 is 1.19 bits per heavy atom. The molecule has 2 N–H and O–H groups in total. The van der Waals surface area contributed by atoms with Gasteiger partial charge >= 0.3 is 0 Å². The van der Waals surface area contributed by atoms with Gasteiger partial charge in [0.2, 0.25) is 11.8 Å². The lowest BCUT2D eigenvalue weighted by Crippen LogP contribution is -2.44. The van der Waals surface area contributed by atoms with E-state index >= 15 is 0 Å². The minimum Gasteiger partial charge on any atom is -0.368 e. The van der Waals surface area contributed by atoms with Crippen molar-refractivity contribution < 1.29 is 9.59 Å². The molecule has 2 aliphatic heterocycles. The van der Waals surface area contributed by atoms with Gasteiger partial charge < -0.3 is 10.2 Å². The zero-order valence-electron chi connectivity index (χ0n) is 11.7. The Labute approximate surface area is 128 Å². The summed E-state index contributed by atoms with van der Waals surface area (Å²) in [7, 11) is 0. The molecule has 1 unspecified atom stereocenters. The van der Waals surface area contributed by atoms with Crippen molar-refractivity contribution in [3.63, 3.8) is 0 Å². The summed E-state index contributed by atoms with van der Waals surface area (Å²) < 4.78 is 0. The summed E-state index contributed by atoms with van der Waals surface area (Å²) in [5.74, 6) is -0.783. The van der Waals surface area contributed by atoms with Crippen LogP contribution in [0.25, 0.3) is 0 Å². The van der Waals surface area contributed by atoms with Crippen LogP contribution in [0.5, 0.6) is 0 Å². The fraction of sp³-hybridized carbons (Fsp3) is 0.467. The molecule has 0 bridgehead atoms. The normalized spacial score (nSPS) is 23.1. The van der Waals surface area contributed by atoms with Crippen LogP contribution in [0, 0.1) is 0 Å². The number of rotatable bonds is 2. The van der Waals surface area contributed by atoms with Gasteiger partial charge in [0.15, 0.2) is 0 Å². The third kappa shape index (κ3) is 2.89. The van der Waals surface area contributed by atoms with Gasteiger partial charge in [0.05, 0.1) is 16.6 Å². The third-order valence-electron chi connectivity index (χ3n) is 4.08. The van der Waals surface area contributed by atoms with Crippen LogP contribution < -0.4 is 15.5 Å². The summed E-state index contributed by atoms with van der Waals surface area (Å²) in [4.78, 5) is 25.5. The Hall–Kier alpha value is -1.59. The number of piperazine rings is 1. The number of carbonyl (C=O) groups is 2. The lowest BCUT2D eigenvalue weighted by atomic mass is 9.90. The van der Waals surface area contributed by atoms with Crippen LogP contribution in [0.1, 0.15) is 24.3 Å². The Kier molecular flexibility index (Phi) is 4.12. The fourth-order valence-electron chi connectivity index (χ4n) is 2.95. The molecule has 0 saturated carbocycles. The Bertz CT molecular complexity index is 570. The second-order valence-electron chi connectivity index (χ2n) is 5.42. The maximum Gasteiger partial charge on any atom is 0.234 e. The number of hydrogen-bond donors (Lipinski definition) is 2. The van der Waals surface area contributed by atoms with Crippen molar-refractivity contribution in [3.8, 4) is 0 Å². The molecule has 1 aromatic carbocycles. The first-order chi connectivity index (χ1) is 10.2. The average molecular weight is 308 g/mol. The molecule has 21 heavy (non-hydrogen) atoms. The summed E-state index contributed by atoms with van der Waals surface area (Å²) >= 11 is 6.55. The summed E-state index contributed by atoms with van der Waals surface area (Å²) in [6.45, 7) is 3.66. The van der Waals surface area contributed by atoms with E-state index in [2.05, 4.69) is 15.5 Å². The number of amides is 2. The molecule has 0 aromatic heterocycles. The highest BCUT2D eigenvalue weighted by molar-refractivity contribution is 6.34. The van der Waals surface area contributed by atoms with Crippen LogP contribution in [0.15, 0.2) is 18.2 Å². The van der Waals surface area contributed by atoms with Crippen molar-refractivity contribution in [1.29, 1.82) is 0 Å². The van der Waals surface area contributed by atoms with Gasteiger partial charge in [0.1, 0.15) is 0 Å². The number of hydrogen-bond acceptors (Lipinski definition) is 4. The van der Waals surface area contributed by atoms with E-state index in [0.717, 1.165) is 37.4 Å². The average Bonchev–Trinajstić information content (AvgIpc) is 2.49. The third-order valence-corrected chi connectivity index (χ3v) is 4.49. The first-order valence-electron chi connectivity index (χ1n) is 7.24. The number of anilines is 1. The first kappa shape index (κ1) is 14.4. The molecule has 0 aliphatic carbocycles. The Balaban J connectivity index is 1.89. The summed E-state index contributed by atoms with van der Waals surface area (Å²) in [6.07, 6.45) is 0.889. The van der Waals surface area contributed by atoms with E-state index < -0.39 is 0 Å². The molecule has 2 fully saturated rings. The molecule has 2 heterocycles. The van der Waals surface area contributed by atoms with Crippen molar-refractivity contribution in [2.75, 3.05) is 31.1 Å². The van der Waals surface area contributed by atoms with E-state index in [0.29, 0.717) is 17.9 Å². The highest BCUT2D eigenvalue weighted by Crippen LogP contribution is 2.36. The predicted molar refractivity (Wildman–Crippen MR) is 81.7 cm³/mol. The minimum atomic E-state index is -0.335. The van der Waals surface area contributed by atoms with Gasteiger partial charge in [0, 0.05) is 32.6 Å². The molecule has 112 valence electrons. The van der Waals surface area contributed by atoms with Crippen molar-refractivity contribution >= 4 is 29.1 Å². The molecule has 3 rings (SSSR count). The predicted octanol–water partition coefficient (Wildman–Crippen LogP) is 1.27. The molecule has 2 aliphatic rings. The van der Waals surface area contributed by atoms with Gasteiger partial charge in [-0.2, -0.15) is 0 Å². The molecule has 6 heteroatoms. The maximum absolute atomic E-state index is 12.0. The molecule has 2 amide bonds. The number of piperidine rings is 1. The van der Waals surface area contributed by atoms with Crippen molar-refractivity contribution in [2.24, 2.45) is 0 Å². The molecular weight excluding hydrogens is 290 g/mol. The van der Waals surface area contributed by atoms with Crippen molar-refractivity contribution in [3.05, 3.63) is 28.8 Å². The number of imide groups is 1. The zero-order chi connectivity index (χ0) is 14.8. The fourth-order valence-corrected chi connectivity index (χ4v) is 3.32. The lowest BCUT2D eigenvalue weighted by Gasteiger charge is -2.31. The molecular formula is C15H18ClN3O2. The zero-order valence-corrected chi connectivity index (χ0v) is 12.4. The van der Waals surface area contributed by atoms with Crippen LogP contribution >= 0.6 is 11.6 Å². The molecule has 2 saturated heterocycles. The Morgan fingerprint density at radius 3 is 2.67 bits per heavy atom. The van der Waals surface area contributed by atoms with E-state index in [4.69, 9.17) is 11.6 Å². The number of nitrogens with zero attached hydrogens (tertiary/aromatic N) is 1. The van der Waals surface area contributed by atoms with E-state index in [1.165, 1.54) is 0 Å². The Morgan fingerprint density at radius 2 is 1.95 bits per heavy atom. The minimum absolute atomic E-state index is 0.203. The monoisotopic (exact) mass is 307 g/mol. The smallest absolute Gasteiger partial charge is 0.234 e. The van der Waals surface area contributed by atoms with E-state index in [-0.39, 0.29) is 17.7 Å². The standard InChI is InChI=1S/C15H18ClN3O2/c16-14-10(11-4-5-13(20)18-15(11)21)2-1-3-12(14)19-8-6-17-7-9-19/h1-3,11,17H,4-9H2,(H,18,20,21). The highest BCUT2D eigenvalue weighted by atomic mass is 35.5. The van der Waals surface area contributed by atoms with Gasteiger partial charge in [-0.05, 0) is 18.1 Å². The van der Waals surface area contributed by atoms with E-state index in [1.807, 2.05) is 18.2 Å². The topological polar surface area (TPSA) is 61.4 Å². The molecule has 0 radical (unpaired) electrons. The van der Waals surface area contributed by atoms with Gasteiger partial charge in [-0.25, -0.2) is 0 Å². The van der Waals surface area contributed by atoms with Crippen LogP contribution in [0.2, 0.25) is 5.02 Å². The van der Waals surface area contributed by atoms with Gasteiger partial charge in [-0.1, -0.05) is 23.7 Å². The number of benzene rings is 1. The quantitative estimate of drug-likeness (QED) is 0.808. The van der Waals surface area contributed by atoms with Gasteiger partial charge in [0.25, 0.3) is 0 Å². The van der Waals surface area contributed by atoms with Gasteiger partial charge in [-0.3, -0.25) is 14.9 Å². The summed E-state index contributed by atoms with van der Waals surface area (Å²) in [5, 5.41) is 6.33. The summed E-state index contributed by atoms with van der Waals surface area (Å²) in [5.41, 5.74) is 1.79. The molecule has 1 aromatic rings. The number of halogens is 1. The van der Waals surface area contributed by atoms with Crippen LogP contribution in [-0.2, 0) is 9.59 Å². The first-order valence-corrected chi connectivity index (χ1v) is 7.62. The lowest BCUT2D eigenvalue weighted by molar-refractivity contribution is -0.134. The molecule has 5 nitrogen and oxygen atoms in total. The van der Waals surface area contributed by atoms with E-state index in [1.54, 1.807) is 0 Å².